The molecule has 0 saturated heterocycles. The van der Waals surface area contributed by atoms with Crippen LogP contribution in [-0.2, 0) is 11.2 Å². The van der Waals surface area contributed by atoms with Gasteiger partial charge in [-0.25, -0.2) is 0 Å². The summed E-state index contributed by atoms with van der Waals surface area (Å²) in [6.07, 6.45) is 2.74. The van der Waals surface area contributed by atoms with E-state index in [0.717, 1.165) is 16.5 Å². The van der Waals surface area contributed by atoms with Crippen molar-refractivity contribution in [1.82, 2.24) is 4.98 Å². The number of hydrogen-bond acceptors (Lipinski definition) is 3. The lowest BCUT2D eigenvalue weighted by Gasteiger charge is -2.05. The van der Waals surface area contributed by atoms with Gasteiger partial charge >= 0.3 is 5.97 Å². The van der Waals surface area contributed by atoms with Gasteiger partial charge in [0.05, 0.1) is 6.42 Å². The molecule has 1 heterocycles. The second kappa shape index (κ2) is 6.36. The molecule has 3 aromatic rings. The van der Waals surface area contributed by atoms with Crippen molar-refractivity contribution in [3.05, 3.63) is 65.9 Å². The molecule has 0 fully saturated rings. The van der Waals surface area contributed by atoms with E-state index in [2.05, 4.69) is 4.98 Å². The lowest BCUT2D eigenvalue weighted by Crippen LogP contribution is -2.12. The van der Waals surface area contributed by atoms with Crippen LogP contribution in [0.1, 0.15) is 22.3 Å². The number of nitrogens with two attached hydrogens (primary N) is 1. The number of esters is 1. The molecule has 0 radical (unpaired) electrons. The number of fused-ring (bicyclic) bond motifs is 1. The van der Waals surface area contributed by atoms with Crippen molar-refractivity contribution >= 4 is 22.8 Å². The Kier molecular flexibility index (Phi) is 4.10. The Bertz CT molecular complexity index is 867. The topological polar surface area (TPSA) is 85.2 Å². The Hall–Kier alpha value is -3.08. The van der Waals surface area contributed by atoms with Crippen LogP contribution in [0.5, 0.6) is 5.75 Å². The number of primary amides is 1. The second-order valence-corrected chi connectivity index (χ2v) is 5.23. The van der Waals surface area contributed by atoms with Crippen LogP contribution in [0.25, 0.3) is 10.9 Å². The molecule has 116 valence electrons. The Balaban J connectivity index is 1.64. The van der Waals surface area contributed by atoms with Crippen LogP contribution in [-0.4, -0.2) is 16.9 Å². The fourth-order valence-corrected chi connectivity index (χ4v) is 2.47. The van der Waals surface area contributed by atoms with Gasteiger partial charge in [-0.2, -0.15) is 0 Å². The number of para-hydroxylation sites is 1. The van der Waals surface area contributed by atoms with Gasteiger partial charge in [-0.1, -0.05) is 24.3 Å². The van der Waals surface area contributed by atoms with Crippen molar-refractivity contribution in [2.24, 2.45) is 5.73 Å². The largest absolute Gasteiger partial charge is 0.426 e. The first-order valence-electron chi connectivity index (χ1n) is 7.29. The van der Waals surface area contributed by atoms with Gasteiger partial charge in [-0.3, -0.25) is 9.59 Å². The Morgan fingerprint density at radius 3 is 2.74 bits per heavy atom. The average Bonchev–Trinajstić information content (AvgIpc) is 2.96. The van der Waals surface area contributed by atoms with Crippen molar-refractivity contribution in [3.63, 3.8) is 0 Å². The zero-order valence-electron chi connectivity index (χ0n) is 12.4. The van der Waals surface area contributed by atoms with E-state index in [0.29, 0.717) is 17.7 Å². The van der Waals surface area contributed by atoms with Gasteiger partial charge in [-0.05, 0) is 36.2 Å². The van der Waals surface area contributed by atoms with Crippen LogP contribution in [0.15, 0.2) is 54.7 Å². The smallest absolute Gasteiger partial charge is 0.311 e. The lowest BCUT2D eigenvalue weighted by atomic mass is 10.1. The number of aromatic amines is 1. The van der Waals surface area contributed by atoms with E-state index in [9.17, 15) is 9.59 Å². The summed E-state index contributed by atoms with van der Waals surface area (Å²) in [4.78, 5) is 26.3. The quantitative estimate of drug-likeness (QED) is 0.561. The first kappa shape index (κ1) is 14.8. The van der Waals surface area contributed by atoms with Crippen LogP contribution in [0.4, 0.5) is 0 Å². The van der Waals surface area contributed by atoms with Crippen LogP contribution >= 0.6 is 0 Å². The number of carbonyl (C=O) groups is 2. The van der Waals surface area contributed by atoms with Crippen molar-refractivity contribution in [3.8, 4) is 5.75 Å². The maximum absolute atomic E-state index is 12.0. The summed E-state index contributed by atoms with van der Waals surface area (Å²) in [5.74, 6) is -0.580. The number of aryl methyl sites for hydroxylation is 1. The summed E-state index contributed by atoms with van der Waals surface area (Å²) in [5, 5.41) is 1.11. The first-order valence-corrected chi connectivity index (χ1v) is 7.29. The molecule has 1 aromatic heterocycles. The van der Waals surface area contributed by atoms with Crippen LogP contribution in [0.2, 0.25) is 0 Å². The van der Waals surface area contributed by atoms with Gasteiger partial charge in [0.2, 0.25) is 5.91 Å². The predicted octanol–water partition coefficient (Wildman–Crippen LogP) is 2.81. The minimum absolute atomic E-state index is 0.253. The summed E-state index contributed by atoms with van der Waals surface area (Å²) >= 11 is 0. The van der Waals surface area contributed by atoms with Gasteiger partial charge in [0.15, 0.2) is 0 Å². The maximum Gasteiger partial charge on any atom is 0.311 e. The van der Waals surface area contributed by atoms with Gasteiger partial charge in [0.25, 0.3) is 0 Å². The number of nitrogens with one attached hydrogen (secondary N) is 1. The summed E-state index contributed by atoms with van der Waals surface area (Å²) in [7, 11) is 0. The molecule has 5 heteroatoms. The third kappa shape index (κ3) is 3.40. The normalized spacial score (nSPS) is 10.6. The molecule has 0 unspecified atom stereocenters. The minimum Gasteiger partial charge on any atom is -0.426 e. The molecule has 0 bridgehead atoms. The Morgan fingerprint density at radius 2 is 1.91 bits per heavy atom. The minimum atomic E-state index is -0.554. The molecule has 5 nitrogen and oxygen atoms in total. The summed E-state index contributed by atoms with van der Waals surface area (Å²) in [6.45, 7) is 0. The molecule has 23 heavy (non-hydrogen) atoms. The van der Waals surface area contributed by atoms with Crippen molar-refractivity contribution in [1.29, 1.82) is 0 Å². The first-order chi connectivity index (χ1) is 11.1. The van der Waals surface area contributed by atoms with Crippen molar-refractivity contribution in [2.45, 2.75) is 12.8 Å². The van der Waals surface area contributed by atoms with Gasteiger partial charge in [0.1, 0.15) is 5.75 Å². The summed E-state index contributed by atoms with van der Waals surface area (Å²) in [5.41, 5.74) is 7.64. The number of benzene rings is 2. The molecule has 2 aromatic carbocycles. The predicted molar refractivity (Wildman–Crippen MR) is 87.2 cm³/mol. The monoisotopic (exact) mass is 308 g/mol. The highest BCUT2D eigenvalue weighted by Gasteiger charge is 2.10. The summed E-state index contributed by atoms with van der Waals surface area (Å²) < 4.78 is 5.26. The fourth-order valence-electron chi connectivity index (χ4n) is 2.47. The molecule has 0 aliphatic carbocycles. The van der Waals surface area contributed by atoms with E-state index in [1.807, 2.05) is 30.5 Å². The van der Waals surface area contributed by atoms with Gasteiger partial charge in [-0.15, -0.1) is 0 Å². The Labute approximate surface area is 133 Å². The molecule has 0 spiro atoms. The molecule has 0 aliphatic heterocycles. The van der Waals surface area contributed by atoms with E-state index in [-0.39, 0.29) is 12.4 Å². The van der Waals surface area contributed by atoms with E-state index in [4.69, 9.17) is 10.5 Å². The standard InChI is InChI=1S/C18H16N2O3/c19-18(22)12-4-3-5-14(10-12)23-17(21)9-8-13-11-20-16-7-2-1-6-15(13)16/h1-7,10-11,20H,8-9H2,(H2,19,22). The number of hydrogen-bond donors (Lipinski definition) is 2. The second-order valence-electron chi connectivity index (χ2n) is 5.23. The van der Waals surface area contributed by atoms with Gasteiger partial charge in [0, 0.05) is 22.7 Å². The highest BCUT2D eigenvalue weighted by Crippen LogP contribution is 2.20. The highest BCUT2D eigenvalue weighted by atomic mass is 16.5. The SMILES string of the molecule is NC(=O)c1cccc(OC(=O)CCc2c[nH]c3ccccc23)c1. The zero-order valence-corrected chi connectivity index (χ0v) is 12.4. The van der Waals surface area contributed by atoms with Crippen molar-refractivity contribution < 1.29 is 14.3 Å². The average molecular weight is 308 g/mol. The molecule has 3 rings (SSSR count). The number of rotatable bonds is 5. The Morgan fingerprint density at radius 1 is 1.09 bits per heavy atom. The van der Waals surface area contributed by atoms with Gasteiger partial charge < -0.3 is 15.5 Å². The van der Waals surface area contributed by atoms with E-state index in [1.165, 1.54) is 6.07 Å². The molecule has 3 N–H and O–H groups in total. The third-order valence-corrected chi connectivity index (χ3v) is 3.62. The van der Waals surface area contributed by atoms with Crippen LogP contribution in [0, 0.1) is 0 Å². The molecule has 0 saturated carbocycles. The maximum atomic E-state index is 12.0. The summed E-state index contributed by atoms with van der Waals surface area (Å²) in [6, 6.07) is 14.2. The number of ether oxygens (including phenoxy) is 1. The number of H-pyrrole nitrogens is 1. The number of carbonyl (C=O) groups excluding carboxylic acids is 2. The van der Waals surface area contributed by atoms with E-state index in [1.54, 1.807) is 18.2 Å². The highest BCUT2D eigenvalue weighted by molar-refractivity contribution is 5.93. The lowest BCUT2D eigenvalue weighted by molar-refractivity contribution is -0.134. The molecule has 1 amide bonds. The fraction of sp³-hybridized carbons (Fsp3) is 0.111. The van der Waals surface area contributed by atoms with E-state index >= 15 is 0 Å². The molecular weight excluding hydrogens is 292 g/mol. The zero-order chi connectivity index (χ0) is 16.2. The van der Waals surface area contributed by atoms with E-state index < -0.39 is 5.91 Å². The molecule has 0 aliphatic rings. The van der Waals surface area contributed by atoms with Crippen molar-refractivity contribution in [2.75, 3.05) is 0 Å². The molecule has 0 atom stereocenters. The molecular formula is C18H16N2O3. The number of aromatic nitrogens is 1. The van der Waals surface area contributed by atoms with Crippen LogP contribution in [0.3, 0.4) is 0 Å². The van der Waals surface area contributed by atoms with Crippen LogP contribution < -0.4 is 10.5 Å². The third-order valence-electron chi connectivity index (χ3n) is 3.62. The number of amides is 1.